The lowest BCUT2D eigenvalue weighted by Crippen LogP contribution is -2.33. The number of carbonyl (C=O) groups is 1. The highest BCUT2D eigenvalue weighted by Gasteiger charge is 2.46. The summed E-state index contributed by atoms with van der Waals surface area (Å²) in [5, 5.41) is 2.26. The number of aryl methyl sites for hydroxylation is 1. The lowest BCUT2D eigenvalue weighted by Gasteiger charge is -2.26. The van der Waals surface area contributed by atoms with Gasteiger partial charge in [0, 0.05) is 50.5 Å². The largest absolute Gasteiger partial charge is 0.384 e. The molecule has 7 heteroatoms. The maximum absolute atomic E-state index is 12.6. The number of rotatable bonds is 4. The quantitative estimate of drug-likeness (QED) is 0.885. The number of H-pyrrole nitrogens is 1. The molecule has 2 saturated heterocycles. The van der Waals surface area contributed by atoms with Crippen LogP contribution in [-0.4, -0.2) is 47.5 Å². The topological polar surface area (TPSA) is 69.6 Å². The summed E-state index contributed by atoms with van der Waals surface area (Å²) in [6.07, 6.45) is 0.845. The molecule has 140 valence electrons. The predicted molar refractivity (Wildman–Crippen MR) is 100 cm³/mol. The second kappa shape index (κ2) is 7.68. The molecule has 3 heterocycles. The first-order chi connectivity index (χ1) is 12.1. The fraction of sp³-hybridized carbons (Fsp3) is 0.474. The number of nitrogens with zero attached hydrogens (tertiary/aromatic N) is 2. The fourth-order valence-corrected chi connectivity index (χ4v) is 4.45. The first kappa shape index (κ1) is 18.7. The maximum Gasteiger partial charge on any atom is 0.280 e. The standard InChI is InChI=1S/C19H23N3O3.ClH/c1-21-10-14-11-22(18(24)8-7-15-9-17(23)20-25-15)12-16(14)19(21)13-5-3-2-4-6-13;/h2-6,9,14,16,19H,7-8,10-12H2,1H3,(H,20,23);1H/t14-,16+,19-;/m0./s1. The molecule has 4 rings (SSSR count). The van der Waals surface area contributed by atoms with E-state index >= 15 is 0 Å². The number of amides is 1. The smallest absolute Gasteiger partial charge is 0.280 e. The first-order valence-electron chi connectivity index (χ1n) is 8.82. The molecular weight excluding hydrogens is 354 g/mol. The van der Waals surface area contributed by atoms with Crippen molar-refractivity contribution in [3.63, 3.8) is 0 Å². The minimum Gasteiger partial charge on any atom is -0.384 e. The SMILES string of the molecule is CN1C[C@H]2CN(C(=O)CCc3cc(=O)[nH]o3)C[C@H]2[C@@H]1c1ccccc1.Cl. The number of benzene rings is 1. The number of halogens is 1. The van der Waals surface area contributed by atoms with E-state index in [0.717, 1.165) is 19.6 Å². The molecule has 0 saturated carbocycles. The summed E-state index contributed by atoms with van der Waals surface area (Å²) in [5.41, 5.74) is 1.08. The van der Waals surface area contributed by atoms with Crippen LogP contribution < -0.4 is 5.56 Å². The van der Waals surface area contributed by atoms with Crippen LogP contribution in [0.5, 0.6) is 0 Å². The number of likely N-dealkylation sites (tertiary alicyclic amines) is 2. The summed E-state index contributed by atoms with van der Waals surface area (Å²) in [6.45, 7) is 2.67. The Labute approximate surface area is 158 Å². The van der Waals surface area contributed by atoms with Gasteiger partial charge in [0.25, 0.3) is 5.56 Å². The van der Waals surface area contributed by atoms with Gasteiger partial charge in [-0.25, -0.2) is 0 Å². The van der Waals surface area contributed by atoms with E-state index in [1.807, 2.05) is 11.0 Å². The van der Waals surface area contributed by atoms with Gasteiger partial charge in [0.2, 0.25) is 5.91 Å². The van der Waals surface area contributed by atoms with Gasteiger partial charge in [-0.3, -0.25) is 14.5 Å². The Morgan fingerprint density at radius 2 is 2.00 bits per heavy atom. The monoisotopic (exact) mass is 377 g/mol. The Morgan fingerprint density at radius 1 is 1.23 bits per heavy atom. The first-order valence-corrected chi connectivity index (χ1v) is 8.82. The van der Waals surface area contributed by atoms with Gasteiger partial charge >= 0.3 is 0 Å². The van der Waals surface area contributed by atoms with Gasteiger partial charge in [0.1, 0.15) is 5.76 Å². The summed E-state index contributed by atoms with van der Waals surface area (Å²) in [5.74, 6) is 1.71. The number of nitrogens with one attached hydrogen (secondary N) is 1. The lowest BCUT2D eigenvalue weighted by molar-refractivity contribution is -0.130. The highest BCUT2D eigenvalue weighted by Crippen LogP contribution is 2.44. The molecule has 26 heavy (non-hydrogen) atoms. The summed E-state index contributed by atoms with van der Waals surface area (Å²) in [4.78, 5) is 28.0. The van der Waals surface area contributed by atoms with Crippen molar-refractivity contribution in [1.29, 1.82) is 0 Å². The zero-order valence-electron chi connectivity index (χ0n) is 14.8. The van der Waals surface area contributed by atoms with Crippen LogP contribution >= 0.6 is 12.4 Å². The number of fused-ring (bicyclic) bond motifs is 1. The lowest BCUT2D eigenvalue weighted by atomic mass is 9.90. The fourth-order valence-electron chi connectivity index (χ4n) is 4.45. The van der Waals surface area contributed by atoms with Gasteiger partial charge in [-0.2, -0.15) is 5.16 Å². The summed E-state index contributed by atoms with van der Waals surface area (Å²) >= 11 is 0. The molecule has 2 fully saturated rings. The third kappa shape index (κ3) is 3.57. The molecule has 1 aromatic heterocycles. The minimum atomic E-state index is -0.258. The zero-order valence-corrected chi connectivity index (χ0v) is 15.6. The predicted octanol–water partition coefficient (Wildman–Crippen LogP) is 2.08. The molecule has 0 unspecified atom stereocenters. The van der Waals surface area contributed by atoms with Gasteiger partial charge in [0.05, 0.1) is 0 Å². The number of hydrogen-bond donors (Lipinski definition) is 1. The minimum absolute atomic E-state index is 0. The number of aromatic nitrogens is 1. The Bertz CT molecular complexity index is 804. The van der Waals surface area contributed by atoms with Crippen LogP contribution in [0, 0.1) is 11.8 Å². The Balaban J connectivity index is 0.00000196. The van der Waals surface area contributed by atoms with Crippen molar-refractivity contribution in [1.82, 2.24) is 15.0 Å². The van der Waals surface area contributed by atoms with Crippen LogP contribution in [0.2, 0.25) is 0 Å². The highest BCUT2D eigenvalue weighted by molar-refractivity contribution is 5.85. The van der Waals surface area contributed by atoms with Crippen LogP contribution in [0.15, 0.2) is 45.7 Å². The molecule has 0 radical (unpaired) electrons. The third-order valence-electron chi connectivity index (χ3n) is 5.55. The van der Waals surface area contributed by atoms with Crippen molar-refractivity contribution in [2.45, 2.75) is 18.9 Å². The van der Waals surface area contributed by atoms with E-state index in [2.05, 4.69) is 41.4 Å². The van der Waals surface area contributed by atoms with E-state index in [1.54, 1.807) is 0 Å². The van der Waals surface area contributed by atoms with Gasteiger partial charge < -0.3 is 9.42 Å². The molecular formula is C19H24ClN3O3. The maximum atomic E-state index is 12.6. The van der Waals surface area contributed by atoms with Crippen molar-refractivity contribution in [2.24, 2.45) is 11.8 Å². The second-order valence-corrected chi connectivity index (χ2v) is 7.20. The van der Waals surface area contributed by atoms with Gasteiger partial charge in [-0.05, 0) is 18.5 Å². The van der Waals surface area contributed by atoms with Crippen LogP contribution in [0.3, 0.4) is 0 Å². The van der Waals surface area contributed by atoms with Gasteiger partial charge in [-0.1, -0.05) is 30.3 Å². The van der Waals surface area contributed by atoms with Crippen LogP contribution in [0.1, 0.15) is 23.8 Å². The number of carbonyl (C=O) groups excluding carboxylic acids is 1. The Morgan fingerprint density at radius 3 is 2.69 bits per heavy atom. The average Bonchev–Trinajstić information content (AvgIpc) is 3.27. The second-order valence-electron chi connectivity index (χ2n) is 7.20. The molecule has 2 aliphatic heterocycles. The summed E-state index contributed by atoms with van der Waals surface area (Å²) < 4.78 is 5.03. The normalized spacial score (nSPS) is 25.1. The van der Waals surface area contributed by atoms with E-state index in [9.17, 15) is 9.59 Å². The molecule has 0 bridgehead atoms. The molecule has 1 N–H and O–H groups in total. The molecule has 1 amide bonds. The average molecular weight is 378 g/mol. The zero-order chi connectivity index (χ0) is 17.4. The van der Waals surface area contributed by atoms with E-state index in [4.69, 9.17) is 4.52 Å². The van der Waals surface area contributed by atoms with Crippen molar-refractivity contribution in [2.75, 3.05) is 26.7 Å². The van der Waals surface area contributed by atoms with E-state index in [1.165, 1.54) is 11.6 Å². The summed E-state index contributed by atoms with van der Waals surface area (Å²) in [7, 11) is 2.18. The summed E-state index contributed by atoms with van der Waals surface area (Å²) in [6, 6.07) is 12.4. The molecule has 3 atom stereocenters. The van der Waals surface area contributed by atoms with Gasteiger partial charge in [0.15, 0.2) is 0 Å². The van der Waals surface area contributed by atoms with Crippen molar-refractivity contribution >= 4 is 18.3 Å². The van der Waals surface area contributed by atoms with Crippen molar-refractivity contribution in [3.8, 4) is 0 Å². The highest BCUT2D eigenvalue weighted by atomic mass is 35.5. The van der Waals surface area contributed by atoms with Gasteiger partial charge in [-0.15, -0.1) is 12.4 Å². The van der Waals surface area contributed by atoms with Crippen molar-refractivity contribution in [3.05, 3.63) is 58.1 Å². The van der Waals surface area contributed by atoms with E-state index < -0.39 is 0 Å². The number of hydrogen-bond acceptors (Lipinski definition) is 4. The molecule has 6 nitrogen and oxygen atoms in total. The van der Waals surface area contributed by atoms with Crippen LogP contribution in [0.4, 0.5) is 0 Å². The Hall–Kier alpha value is -2.05. The molecule has 0 aliphatic carbocycles. The van der Waals surface area contributed by atoms with E-state index in [-0.39, 0.29) is 23.9 Å². The van der Waals surface area contributed by atoms with E-state index in [0.29, 0.717) is 36.5 Å². The Kier molecular flexibility index (Phi) is 5.53. The number of aromatic amines is 1. The molecule has 2 aromatic rings. The molecule has 1 aromatic carbocycles. The molecule has 0 spiro atoms. The van der Waals surface area contributed by atoms with Crippen molar-refractivity contribution < 1.29 is 9.32 Å². The third-order valence-corrected chi connectivity index (χ3v) is 5.55. The van der Waals surface area contributed by atoms with Crippen LogP contribution in [0.25, 0.3) is 0 Å². The van der Waals surface area contributed by atoms with Crippen LogP contribution in [-0.2, 0) is 11.2 Å². The molecule has 2 aliphatic rings.